The highest BCUT2D eigenvalue weighted by Gasteiger charge is 2.71. The summed E-state index contributed by atoms with van der Waals surface area (Å²) in [5.41, 5.74) is -6.26. The number of anilines is 1. The van der Waals surface area contributed by atoms with E-state index in [1.54, 1.807) is 31.2 Å². The van der Waals surface area contributed by atoms with Gasteiger partial charge in [-0.1, -0.05) is 24.6 Å². The Kier molecular flexibility index (Phi) is 7.16. The summed E-state index contributed by atoms with van der Waals surface area (Å²) in [4.78, 5) is 14.1. The molecular formula is C21H18ClF6NO3S. The number of carbonyl (C=O) groups is 1. The number of aliphatic hydroxyl groups is 1. The highest BCUT2D eigenvalue weighted by Crippen LogP contribution is 2.52. The quantitative estimate of drug-likeness (QED) is 0.502. The number of amides is 1. The van der Waals surface area contributed by atoms with Crippen LogP contribution in [-0.4, -0.2) is 41.8 Å². The SMILES string of the molecule is CC[C@H]1CN(C(=O)COc2ccc(Cl)cc2)c2ccc(C(O)(C(F)(F)F)C(F)(F)F)cc2S1. The Morgan fingerprint density at radius 3 is 2.27 bits per heavy atom. The van der Waals surface area contributed by atoms with Crippen molar-refractivity contribution in [3.8, 4) is 5.75 Å². The maximum Gasteiger partial charge on any atom is 0.430 e. The molecule has 0 radical (unpaired) electrons. The molecule has 0 aromatic heterocycles. The fourth-order valence-electron chi connectivity index (χ4n) is 3.27. The van der Waals surface area contributed by atoms with Crippen LogP contribution in [-0.2, 0) is 10.4 Å². The molecule has 0 aliphatic carbocycles. The van der Waals surface area contributed by atoms with Gasteiger partial charge in [0.05, 0.1) is 5.69 Å². The van der Waals surface area contributed by atoms with Crippen LogP contribution in [0.15, 0.2) is 47.4 Å². The summed E-state index contributed by atoms with van der Waals surface area (Å²) in [6, 6.07) is 8.37. The van der Waals surface area contributed by atoms with Crippen LogP contribution in [0.2, 0.25) is 5.02 Å². The zero-order valence-corrected chi connectivity index (χ0v) is 18.6. The van der Waals surface area contributed by atoms with Crippen molar-refractivity contribution in [2.45, 2.75) is 41.4 Å². The number of benzene rings is 2. The fourth-order valence-corrected chi connectivity index (χ4v) is 4.64. The van der Waals surface area contributed by atoms with Crippen LogP contribution in [0.5, 0.6) is 5.75 Å². The van der Waals surface area contributed by atoms with Gasteiger partial charge in [-0.2, -0.15) is 26.3 Å². The highest BCUT2D eigenvalue weighted by atomic mass is 35.5. The lowest BCUT2D eigenvalue weighted by molar-refractivity contribution is -0.376. The first-order chi connectivity index (χ1) is 15.3. The number of hydrogen-bond acceptors (Lipinski definition) is 4. The predicted molar refractivity (Wildman–Crippen MR) is 112 cm³/mol. The number of halogens is 7. The van der Waals surface area contributed by atoms with Crippen LogP contribution in [0, 0.1) is 0 Å². The molecule has 12 heteroatoms. The molecule has 0 spiro atoms. The number of thioether (sulfide) groups is 1. The molecule has 1 heterocycles. The molecule has 0 fully saturated rings. The maximum absolute atomic E-state index is 13.3. The zero-order chi connectivity index (χ0) is 24.6. The molecule has 0 saturated heterocycles. The molecule has 2 aromatic rings. The van der Waals surface area contributed by atoms with Crippen LogP contribution in [0.3, 0.4) is 0 Å². The normalized spacial score (nSPS) is 17.0. The van der Waals surface area contributed by atoms with Gasteiger partial charge in [-0.3, -0.25) is 4.79 Å². The molecule has 33 heavy (non-hydrogen) atoms. The van der Waals surface area contributed by atoms with E-state index in [1.807, 2.05) is 0 Å². The molecule has 0 bridgehead atoms. The molecule has 1 atom stereocenters. The van der Waals surface area contributed by atoms with E-state index in [4.69, 9.17) is 16.3 Å². The summed E-state index contributed by atoms with van der Waals surface area (Å²) in [7, 11) is 0. The van der Waals surface area contributed by atoms with Crippen molar-refractivity contribution in [2.24, 2.45) is 0 Å². The summed E-state index contributed by atoms with van der Waals surface area (Å²) in [5, 5.41) is 9.90. The van der Waals surface area contributed by atoms with Gasteiger partial charge < -0.3 is 14.7 Å². The Morgan fingerprint density at radius 2 is 1.73 bits per heavy atom. The highest BCUT2D eigenvalue weighted by molar-refractivity contribution is 8.00. The third-order valence-corrected chi connectivity index (χ3v) is 6.75. The minimum Gasteiger partial charge on any atom is -0.484 e. The van der Waals surface area contributed by atoms with Crippen molar-refractivity contribution in [3.63, 3.8) is 0 Å². The Morgan fingerprint density at radius 1 is 1.12 bits per heavy atom. The Bertz CT molecular complexity index is 999. The minimum absolute atomic E-state index is 0.0253. The Hall–Kier alpha value is -2.11. The summed E-state index contributed by atoms with van der Waals surface area (Å²) in [5.74, 6) is -0.165. The van der Waals surface area contributed by atoms with Gasteiger partial charge in [0.1, 0.15) is 5.75 Å². The second-order valence-electron chi connectivity index (χ2n) is 7.28. The van der Waals surface area contributed by atoms with Gasteiger partial charge in [-0.15, -0.1) is 11.8 Å². The van der Waals surface area contributed by atoms with Crippen molar-refractivity contribution >= 4 is 35.0 Å². The topological polar surface area (TPSA) is 49.8 Å². The summed E-state index contributed by atoms with van der Waals surface area (Å²) < 4.78 is 85.2. The maximum atomic E-state index is 13.3. The summed E-state index contributed by atoms with van der Waals surface area (Å²) in [6.07, 6.45) is -11.5. The number of hydrogen-bond donors (Lipinski definition) is 1. The van der Waals surface area contributed by atoms with Gasteiger partial charge in [0.2, 0.25) is 0 Å². The van der Waals surface area contributed by atoms with Gasteiger partial charge in [-0.05, 0) is 42.8 Å². The third-order valence-electron chi connectivity index (χ3n) is 5.10. The number of nitrogens with zero attached hydrogens (tertiary/aromatic N) is 1. The van der Waals surface area contributed by atoms with E-state index >= 15 is 0 Å². The molecule has 1 aliphatic rings. The first-order valence-corrected chi connectivity index (χ1v) is 10.9. The lowest BCUT2D eigenvalue weighted by Crippen LogP contribution is -2.54. The standard InChI is InChI=1S/C21H18ClF6NO3S/c1-2-15-10-29(18(30)11-32-14-6-4-13(22)5-7-14)16-8-3-12(9-17(16)33-15)19(31,20(23,24)25)21(26,27)28/h3-9,15,31H,2,10-11H2,1H3/t15-/m0/s1. The van der Waals surface area contributed by atoms with Crippen molar-refractivity contribution in [3.05, 3.63) is 53.1 Å². The van der Waals surface area contributed by atoms with Crippen molar-refractivity contribution in [1.29, 1.82) is 0 Å². The van der Waals surface area contributed by atoms with E-state index in [2.05, 4.69) is 0 Å². The average Bonchev–Trinajstić information content (AvgIpc) is 2.75. The van der Waals surface area contributed by atoms with Crippen molar-refractivity contribution in [2.75, 3.05) is 18.1 Å². The van der Waals surface area contributed by atoms with Crippen molar-refractivity contribution in [1.82, 2.24) is 0 Å². The number of ether oxygens (including phenoxy) is 1. The van der Waals surface area contributed by atoms with Gasteiger partial charge in [0.25, 0.3) is 11.5 Å². The van der Waals surface area contributed by atoms with Crippen LogP contribution in [0.1, 0.15) is 18.9 Å². The van der Waals surface area contributed by atoms with Crippen LogP contribution >= 0.6 is 23.4 Å². The second-order valence-corrected chi connectivity index (χ2v) is 9.06. The smallest absolute Gasteiger partial charge is 0.430 e. The van der Waals surface area contributed by atoms with E-state index in [0.717, 1.165) is 17.8 Å². The zero-order valence-electron chi connectivity index (χ0n) is 17.0. The van der Waals surface area contributed by atoms with E-state index in [1.165, 1.54) is 4.90 Å². The molecule has 1 aliphatic heterocycles. The molecule has 1 amide bonds. The van der Waals surface area contributed by atoms with Gasteiger partial charge in [0.15, 0.2) is 6.61 Å². The van der Waals surface area contributed by atoms with Crippen molar-refractivity contribution < 1.29 is 41.0 Å². The summed E-state index contributed by atoms with van der Waals surface area (Å²) in [6.45, 7) is 1.57. The van der Waals surface area contributed by atoms with Gasteiger partial charge in [-0.25, -0.2) is 0 Å². The van der Waals surface area contributed by atoms with E-state index in [-0.39, 0.29) is 22.4 Å². The third kappa shape index (κ3) is 5.04. The molecular weight excluding hydrogens is 496 g/mol. The molecule has 0 unspecified atom stereocenters. The van der Waals surface area contributed by atoms with E-state index in [0.29, 0.717) is 29.3 Å². The number of rotatable bonds is 5. The number of carbonyl (C=O) groups excluding carboxylic acids is 1. The van der Waals surface area contributed by atoms with Gasteiger partial charge >= 0.3 is 12.4 Å². The molecule has 0 saturated carbocycles. The molecule has 2 aromatic carbocycles. The lowest BCUT2D eigenvalue weighted by atomic mass is 9.92. The average molecular weight is 514 g/mol. The minimum atomic E-state index is -6.00. The number of fused-ring (bicyclic) bond motifs is 1. The first kappa shape index (κ1) is 25.5. The van der Waals surface area contributed by atoms with E-state index in [9.17, 15) is 36.2 Å². The van der Waals surface area contributed by atoms with Gasteiger partial charge in [0, 0.05) is 27.3 Å². The molecule has 4 nitrogen and oxygen atoms in total. The van der Waals surface area contributed by atoms with Crippen LogP contribution < -0.4 is 9.64 Å². The van der Waals surface area contributed by atoms with Crippen LogP contribution in [0.4, 0.5) is 32.0 Å². The number of alkyl halides is 6. The molecule has 180 valence electrons. The predicted octanol–water partition coefficient (Wildman–Crippen LogP) is 5.95. The molecule has 3 rings (SSSR count). The molecule has 1 N–H and O–H groups in total. The van der Waals surface area contributed by atoms with Crippen LogP contribution in [0.25, 0.3) is 0 Å². The second kappa shape index (κ2) is 9.27. The van der Waals surface area contributed by atoms with E-state index < -0.39 is 36.0 Å². The lowest BCUT2D eigenvalue weighted by Gasteiger charge is -2.36. The monoisotopic (exact) mass is 513 g/mol. The summed E-state index contributed by atoms with van der Waals surface area (Å²) >= 11 is 6.84. The Labute approximate surface area is 194 Å². The Balaban J connectivity index is 1.93. The fraction of sp³-hybridized carbons (Fsp3) is 0.381. The largest absolute Gasteiger partial charge is 0.484 e. The first-order valence-electron chi connectivity index (χ1n) is 9.63.